The quantitative estimate of drug-likeness (QED) is 0.751. The molecule has 0 aliphatic heterocycles. The SMILES string of the molecule is O=C(Nc1ccc(Oc2ccc(-n3cccc3)nn2)cc1)C1CCCC1. The number of hydrogen-bond acceptors (Lipinski definition) is 4. The Balaban J connectivity index is 1.37. The Morgan fingerprint density at radius 3 is 2.38 bits per heavy atom. The molecule has 26 heavy (non-hydrogen) atoms. The van der Waals surface area contributed by atoms with E-state index in [0.29, 0.717) is 11.6 Å². The number of hydrogen-bond donors (Lipinski definition) is 1. The first kappa shape index (κ1) is 16.3. The third-order valence-electron chi connectivity index (χ3n) is 4.57. The van der Waals surface area contributed by atoms with Gasteiger partial charge in [0.25, 0.3) is 0 Å². The molecule has 6 heteroatoms. The minimum atomic E-state index is 0.114. The Hall–Kier alpha value is -3.15. The highest BCUT2D eigenvalue weighted by Gasteiger charge is 2.22. The van der Waals surface area contributed by atoms with Crippen molar-refractivity contribution >= 4 is 11.6 Å². The predicted molar refractivity (Wildman–Crippen MR) is 98.5 cm³/mol. The summed E-state index contributed by atoms with van der Waals surface area (Å²) in [5.41, 5.74) is 0.781. The van der Waals surface area contributed by atoms with Crippen molar-refractivity contribution in [3.8, 4) is 17.4 Å². The number of anilines is 1. The first-order chi connectivity index (χ1) is 12.8. The van der Waals surface area contributed by atoms with Gasteiger partial charge in [0.1, 0.15) is 5.75 Å². The van der Waals surface area contributed by atoms with Crippen molar-refractivity contribution < 1.29 is 9.53 Å². The van der Waals surface area contributed by atoms with Gasteiger partial charge in [0, 0.05) is 30.1 Å². The summed E-state index contributed by atoms with van der Waals surface area (Å²) in [4.78, 5) is 12.2. The maximum absolute atomic E-state index is 12.2. The second-order valence-corrected chi connectivity index (χ2v) is 6.42. The number of ether oxygens (including phenoxy) is 1. The van der Waals surface area contributed by atoms with Crippen LogP contribution in [0.2, 0.25) is 0 Å². The zero-order chi connectivity index (χ0) is 17.8. The smallest absolute Gasteiger partial charge is 0.238 e. The summed E-state index contributed by atoms with van der Waals surface area (Å²) in [6.45, 7) is 0. The van der Waals surface area contributed by atoms with E-state index < -0.39 is 0 Å². The lowest BCUT2D eigenvalue weighted by Gasteiger charge is -2.11. The van der Waals surface area contributed by atoms with Crippen LogP contribution in [-0.2, 0) is 4.79 Å². The van der Waals surface area contributed by atoms with Crippen molar-refractivity contribution in [2.45, 2.75) is 25.7 Å². The van der Waals surface area contributed by atoms with Crippen molar-refractivity contribution in [1.29, 1.82) is 0 Å². The summed E-state index contributed by atoms with van der Waals surface area (Å²) in [5.74, 6) is 2.06. The molecule has 0 spiro atoms. The van der Waals surface area contributed by atoms with Crippen LogP contribution < -0.4 is 10.1 Å². The molecule has 1 aromatic carbocycles. The summed E-state index contributed by atoms with van der Waals surface area (Å²) in [6, 6.07) is 14.8. The van der Waals surface area contributed by atoms with Gasteiger partial charge in [0.05, 0.1) is 0 Å². The molecular formula is C20H20N4O2. The molecule has 0 radical (unpaired) electrons. The number of nitrogens with zero attached hydrogens (tertiary/aromatic N) is 3. The molecule has 0 bridgehead atoms. The number of amides is 1. The summed E-state index contributed by atoms with van der Waals surface area (Å²) in [7, 11) is 0. The number of nitrogens with one attached hydrogen (secondary N) is 1. The third-order valence-corrected chi connectivity index (χ3v) is 4.57. The third kappa shape index (κ3) is 3.74. The van der Waals surface area contributed by atoms with E-state index >= 15 is 0 Å². The molecule has 6 nitrogen and oxygen atoms in total. The molecule has 3 aromatic rings. The van der Waals surface area contributed by atoms with Gasteiger partial charge in [-0.15, -0.1) is 10.2 Å². The van der Waals surface area contributed by atoms with Crippen LogP contribution >= 0.6 is 0 Å². The van der Waals surface area contributed by atoms with Crippen LogP contribution in [0.5, 0.6) is 11.6 Å². The largest absolute Gasteiger partial charge is 0.438 e. The first-order valence-electron chi connectivity index (χ1n) is 8.84. The molecule has 2 heterocycles. The standard InChI is InChI=1S/C20H20N4O2/c25-20(15-5-1-2-6-15)21-16-7-9-17(10-8-16)26-19-12-11-18(22-23-19)24-13-3-4-14-24/h3-4,7-15H,1-2,5-6H2,(H,21,25). The minimum absolute atomic E-state index is 0.114. The van der Waals surface area contributed by atoms with E-state index in [1.165, 1.54) is 0 Å². The maximum Gasteiger partial charge on any atom is 0.238 e. The minimum Gasteiger partial charge on any atom is -0.438 e. The molecule has 1 aliphatic rings. The molecule has 1 fully saturated rings. The van der Waals surface area contributed by atoms with Gasteiger partial charge in [-0.3, -0.25) is 4.79 Å². The number of carbonyl (C=O) groups excluding carboxylic acids is 1. The molecule has 0 unspecified atom stereocenters. The van der Waals surface area contributed by atoms with Gasteiger partial charge in [0.2, 0.25) is 11.8 Å². The molecule has 1 amide bonds. The molecule has 1 N–H and O–H groups in total. The van der Waals surface area contributed by atoms with Crippen LogP contribution in [0.1, 0.15) is 25.7 Å². The fraction of sp³-hybridized carbons (Fsp3) is 0.250. The van der Waals surface area contributed by atoms with E-state index in [4.69, 9.17) is 4.74 Å². The topological polar surface area (TPSA) is 69.0 Å². The van der Waals surface area contributed by atoms with Gasteiger partial charge in [-0.05, 0) is 55.3 Å². The zero-order valence-electron chi connectivity index (χ0n) is 14.3. The van der Waals surface area contributed by atoms with Crippen LogP contribution in [-0.4, -0.2) is 20.7 Å². The Morgan fingerprint density at radius 1 is 1.00 bits per heavy atom. The van der Waals surface area contributed by atoms with Gasteiger partial charge in [-0.2, -0.15) is 0 Å². The van der Waals surface area contributed by atoms with E-state index in [2.05, 4.69) is 15.5 Å². The Morgan fingerprint density at radius 2 is 1.73 bits per heavy atom. The lowest BCUT2D eigenvalue weighted by atomic mass is 10.1. The fourth-order valence-corrected chi connectivity index (χ4v) is 3.15. The van der Waals surface area contributed by atoms with Crippen LogP contribution in [0.25, 0.3) is 5.82 Å². The summed E-state index contributed by atoms with van der Waals surface area (Å²) in [6.07, 6.45) is 8.09. The average Bonchev–Trinajstić information content (AvgIpc) is 3.38. The van der Waals surface area contributed by atoms with E-state index in [1.807, 2.05) is 59.4 Å². The normalized spacial score (nSPS) is 14.3. The highest BCUT2D eigenvalue weighted by molar-refractivity contribution is 5.92. The van der Waals surface area contributed by atoms with Crippen molar-refractivity contribution in [2.24, 2.45) is 5.92 Å². The van der Waals surface area contributed by atoms with Crippen LogP contribution in [0.4, 0.5) is 5.69 Å². The summed E-state index contributed by atoms with van der Waals surface area (Å²) < 4.78 is 7.59. The summed E-state index contributed by atoms with van der Waals surface area (Å²) in [5, 5.41) is 11.2. The average molecular weight is 348 g/mol. The second-order valence-electron chi connectivity index (χ2n) is 6.42. The van der Waals surface area contributed by atoms with Gasteiger partial charge in [-0.1, -0.05) is 12.8 Å². The van der Waals surface area contributed by atoms with Crippen LogP contribution in [0, 0.1) is 5.92 Å². The number of benzene rings is 1. The van der Waals surface area contributed by atoms with Crippen molar-refractivity contribution in [3.63, 3.8) is 0 Å². The lowest BCUT2D eigenvalue weighted by Crippen LogP contribution is -2.20. The Kier molecular flexibility index (Phi) is 4.64. The van der Waals surface area contributed by atoms with E-state index in [1.54, 1.807) is 6.07 Å². The fourth-order valence-electron chi connectivity index (χ4n) is 3.15. The molecule has 132 valence electrons. The van der Waals surface area contributed by atoms with Crippen LogP contribution in [0.15, 0.2) is 60.9 Å². The number of rotatable bonds is 5. The predicted octanol–water partition coefficient (Wildman–Crippen LogP) is 4.19. The lowest BCUT2D eigenvalue weighted by molar-refractivity contribution is -0.119. The van der Waals surface area contributed by atoms with E-state index in [0.717, 1.165) is 37.2 Å². The van der Waals surface area contributed by atoms with Crippen molar-refractivity contribution in [1.82, 2.24) is 14.8 Å². The molecule has 2 aromatic heterocycles. The molecule has 0 atom stereocenters. The van der Waals surface area contributed by atoms with Gasteiger partial charge in [0.15, 0.2) is 5.82 Å². The van der Waals surface area contributed by atoms with E-state index in [9.17, 15) is 4.79 Å². The van der Waals surface area contributed by atoms with Crippen molar-refractivity contribution in [2.75, 3.05) is 5.32 Å². The van der Waals surface area contributed by atoms with E-state index in [-0.39, 0.29) is 11.8 Å². The first-order valence-corrected chi connectivity index (χ1v) is 8.84. The highest BCUT2D eigenvalue weighted by atomic mass is 16.5. The second kappa shape index (κ2) is 7.39. The monoisotopic (exact) mass is 348 g/mol. The Bertz CT molecular complexity index is 852. The van der Waals surface area contributed by atoms with Gasteiger partial charge >= 0.3 is 0 Å². The number of aromatic nitrogens is 3. The molecule has 1 saturated carbocycles. The summed E-state index contributed by atoms with van der Waals surface area (Å²) >= 11 is 0. The number of carbonyl (C=O) groups is 1. The maximum atomic E-state index is 12.2. The Labute approximate surface area is 151 Å². The zero-order valence-corrected chi connectivity index (χ0v) is 14.3. The molecule has 4 rings (SSSR count). The molecule has 1 aliphatic carbocycles. The molecular weight excluding hydrogens is 328 g/mol. The van der Waals surface area contributed by atoms with Crippen LogP contribution in [0.3, 0.4) is 0 Å². The van der Waals surface area contributed by atoms with Gasteiger partial charge in [-0.25, -0.2) is 0 Å². The highest BCUT2D eigenvalue weighted by Crippen LogP contribution is 2.27. The van der Waals surface area contributed by atoms with Crippen molar-refractivity contribution in [3.05, 3.63) is 60.9 Å². The van der Waals surface area contributed by atoms with Gasteiger partial charge < -0.3 is 14.6 Å². The molecule has 0 saturated heterocycles.